The fourth-order valence-electron chi connectivity index (χ4n) is 4.61. The SMILES string of the molecule is CCN(CC)C(=O)[C@]1(C)[C@@H](c2ccc(OC)cc2)[C@@H]1[Si](C)(C)C(C)(C)C. The highest BCUT2D eigenvalue weighted by molar-refractivity contribution is 6.83. The van der Waals surface area contributed by atoms with Crippen molar-refractivity contribution in [1.29, 1.82) is 0 Å². The molecule has 4 heteroatoms. The Morgan fingerprint density at radius 3 is 2.04 bits per heavy atom. The van der Waals surface area contributed by atoms with Gasteiger partial charge >= 0.3 is 0 Å². The molecular formula is C22H37NO2Si. The lowest BCUT2D eigenvalue weighted by molar-refractivity contribution is -0.136. The van der Waals surface area contributed by atoms with Crippen molar-refractivity contribution in [3.8, 4) is 5.75 Å². The Labute approximate surface area is 161 Å². The predicted molar refractivity (Wildman–Crippen MR) is 113 cm³/mol. The Kier molecular flexibility index (Phi) is 5.68. The van der Waals surface area contributed by atoms with E-state index in [1.54, 1.807) is 7.11 Å². The summed E-state index contributed by atoms with van der Waals surface area (Å²) in [7, 11) is 0.00581. The highest BCUT2D eigenvalue weighted by Crippen LogP contribution is 2.76. The minimum Gasteiger partial charge on any atom is -0.497 e. The van der Waals surface area contributed by atoms with Crippen molar-refractivity contribution in [2.24, 2.45) is 5.41 Å². The Morgan fingerprint density at radius 1 is 1.15 bits per heavy atom. The molecule has 1 amide bonds. The van der Waals surface area contributed by atoms with Crippen LogP contribution in [0.2, 0.25) is 23.7 Å². The first-order chi connectivity index (χ1) is 12.0. The minimum atomic E-state index is -1.69. The average molecular weight is 376 g/mol. The molecule has 3 atom stereocenters. The molecule has 1 aromatic carbocycles. The van der Waals surface area contributed by atoms with Gasteiger partial charge in [-0.2, -0.15) is 0 Å². The normalized spacial score (nSPS) is 25.7. The zero-order chi connectivity index (χ0) is 19.9. The van der Waals surface area contributed by atoms with Crippen molar-refractivity contribution in [2.75, 3.05) is 20.2 Å². The van der Waals surface area contributed by atoms with Gasteiger partial charge in [0.25, 0.3) is 0 Å². The van der Waals surface area contributed by atoms with Gasteiger partial charge in [-0.05, 0) is 48.0 Å². The quantitative estimate of drug-likeness (QED) is 0.610. The number of rotatable bonds is 6. The molecule has 0 saturated heterocycles. The van der Waals surface area contributed by atoms with Gasteiger partial charge in [0.1, 0.15) is 5.75 Å². The van der Waals surface area contributed by atoms with E-state index in [9.17, 15) is 4.79 Å². The number of methoxy groups -OCH3 is 1. The third-order valence-electron chi connectivity index (χ3n) is 7.21. The van der Waals surface area contributed by atoms with Crippen LogP contribution in [0.25, 0.3) is 0 Å². The molecule has 1 aliphatic carbocycles. The summed E-state index contributed by atoms with van der Waals surface area (Å²) in [5.41, 5.74) is 1.45. The van der Waals surface area contributed by atoms with Crippen molar-refractivity contribution >= 4 is 14.0 Å². The molecular weight excluding hydrogens is 338 g/mol. The minimum absolute atomic E-state index is 0.254. The molecule has 3 nitrogen and oxygen atoms in total. The summed E-state index contributed by atoms with van der Waals surface area (Å²) in [6, 6.07) is 8.37. The molecule has 0 aliphatic heterocycles. The van der Waals surface area contributed by atoms with Crippen molar-refractivity contribution in [3.05, 3.63) is 29.8 Å². The third-order valence-corrected chi connectivity index (χ3v) is 13.6. The van der Waals surface area contributed by atoms with Crippen molar-refractivity contribution < 1.29 is 9.53 Å². The van der Waals surface area contributed by atoms with E-state index in [-0.39, 0.29) is 10.5 Å². The maximum atomic E-state index is 13.5. The van der Waals surface area contributed by atoms with Crippen LogP contribution in [0.1, 0.15) is 53.0 Å². The number of carbonyl (C=O) groups excluding carboxylic acids is 1. The second-order valence-electron chi connectivity index (χ2n) is 9.46. The van der Waals surface area contributed by atoms with Crippen LogP contribution in [-0.2, 0) is 4.79 Å². The second-order valence-corrected chi connectivity index (χ2v) is 15.0. The third kappa shape index (κ3) is 3.21. The number of benzene rings is 1. The molecule has 0 aromatic heterocycles. The fourth-order valence-corrected chi connectivity index (χ4v) is 8.62. The number of nitrogens with zero attached hydrogens (tertiary/aromatic N) is 1. The summed E-state index contributed by atoms with van der Waals surface area (Å²) in [5.74, 6) is 1.51. The Hall–Kier alpha value is -1.29. The Bertz CT molecular complexity index is 643. The van der Waals surface area contributed by atoms with Gasteiger partial charge in [-0.25, -0.2) is 0 Å². The van der Waals surface area contributed by atoms with Gasteiger partial charge in [0.15, 0.2) is 0 Å². The summed E-state index contributed by atoms with van der Waals surface area (Å²) < 4.78 is 5.32. The van der Waals surface area contributed by atoms with E-state index in [4.69, 9.17) is 4.74 Å². The average Bonchev–Trinajstić information content (AvgIpc) is 3.23. The maximum Gasteiger partial charge on any atom is 0.229 e. The molecule has 0 heterocycles. The first-order valence-electron chi connectivity index (χ1n) is 9.90. The van der Waals surface area contributed by atoms with Crippen LogP contribution < -0.4 is 4.74 Å². The lowest BCUT2D eigenvalue weighted by atomic mass is 9.99. The maximum absolute atomic E-state index is 13.5. The van der Waals surface area contributed by atoms with Crippen LogP contribution in [0.3, 0.4) is 0 Å². The molecule has 26 heavy (non-hydrogen) atoms. The Morgan fingerprint density at radius 2 is 1.65 bits per heavy atom. The van der Waals surface area contributed by atoms with Gasteiger partial charge in [-0.15, -0.1) is 0 Å². The molecule has 2 rings (SSSR count). The summed E-state index contributed by atoms with van der Waals surface area (Å²) in [6.45, 7) is 19.9. The molecule has 0 bridgehead atoms. The van der Waals surface area contributed by atoms with E-state index in [0.717, 1.165) is 18.8 Å². The van der Waals surface area contributed by atoms with Crippen LogP contribution in [0.5, 0.6) is 5.75 Å². The molecule has 0 spiro atoms. The largest absolute Gasteiger partial charge is 0.497 e. The van der Waals surface area contributed by atoms with Crippen LogP contribution in [0.4, 0.5) is 0 Å². The number of hydrogen-bond donors (Lipinski definition) is 0. The number of hydrogen-bond acceptors (Lipinski definition) is 2. The Balaban J connectivity index is 2.49. The lowest BCUT2D eigenvalue weighted by Crippen LogP contribution is -2.43. The van der Waals surface area contributed by atoms with Crippen molar-refractivity contribution in [3.63, 3.8) is 0 Å². The van der Waals surface area contributed by atoms with Crippen LogP contribution in [0.15, 0.2) is 24.3 Å². The molecule has 1 aromatic rings. The number of amides is 1. The van der Waals surface area contributed by atoms with Gasteiger partial charge < -0.3 is 9.64 Å². The first-order valence-corrected chi connectivity index (χ1v) is 13.0. The fraction of sp³-hybridized carbons (Fsp3) is 0.682. The number of ether oxygens (including phenoxy) is 1. The zero-order valence-electron chi connectivity index (χ0n) is 18.1. The molecule has 0 radical (unpaired) electrons. The highest BCUT2D eigenvalue weighted by atomic mass is 28.3. The molecule has 1 aliphatic rings. The van der Waals surface area contributed by atoms with E-state index in [1.165, 1.54) is 5.56 Å². The summed E-state index contributed by atoms with van der Waals surface area (Å²) in [4.78, 5) is 15.5. The first kappa shape index (κ1) is 21.0. The molecule has 0 N–H and O–H groups in total. The summed E-state index contributed by atoms with van der Waals surface area (Å²) >= 11 is 0. The monoisotopic (exact) mass is 375 g/mol. The highest BCUT2D eigenvalue weighted by Gasteiger charge is 2.73. The van der Waals surface area contributed by atoms with Crippen molar-refractivity contribution in [1.82, 2.24) is 4.90 Å². The molecule has 0 unspecified atom stereocenters. The van der Waals surface area contributed by atoms with Gasteiger partial charge in [-0.3, -0.25) is 4.79 Å². The zero-order valence-corrected chi connectivity index (χ0v) is 19.1. The second kappa shape index (κ2) is 7.03. The summed E-state index contributed by atoms with van der Waals surface area (Å²) in [5, 5.41) is 0.254. The van der Waals surface area contributed by atoms with Crippen LogP contribution in [0, 0.1) is 5.41 Å². The van der Waals surface area contributed by atoms with Gasteiger partial charge in [0, 0.05) is 13.1 Å². The summed E-state index contributed by atoms with van der Waals surface area (Å²) in [6.07, 6.45) is 0. The smallest absolute Gasteiger partial charge is 0.229 e. The lowest BCUT2D eigenvalue weighted by Gasteiger charge is -2.39. The van der Waals surface area contributed by atoms with E-state index >= 15 is 0 Å². The van der Waals surface area contributed by atoms with E-state index in [1.807, 2.05) is 17.0 Å². The van der Waals surface area contributed by atoms with E-state index in [0.29, 0.717) is 17.4 Å². The molecule has 146 valence electrons. The van der Waals surface area contributed by atoms with Gasteiger partial charge in [0.2, 0.25) is 5.91 Å². The van der Waals surface area contributed by atoms with Crippen LogP contribution in [-0.4, -0.2) is 39.1 Å². The topological polar surface area (TPSA) is 29.5 Å². The van der Waals surface area contributed by atoms with Gasteiger partial charge in [0.05, 0.1) is 20.6 Å². The standard InChI is InChI=1S/C22H37NO2Si/c1-10-23(11-2)20(24)22(6)18(16-12-14-17(25-7)15-13-16)19(22)26(8,9)21(3,4)5/h12-15,18-19H,10-11H2,1-9H3/t18-,19-,22+/m0/s1. The van der Waals surface area contributed by atoms with E-state index in [2.05, 4.69) is 66.8 Å². The van der Waals surface area contributed by atoms with Crippen molar-refractivity contribution in [2.45, 2.75) is 71.1 Å². The molecule has 1 saturated carbocycles. The molecule has 1 fully saturated rings. The van der Waals surface area contributed by atoms with Gasteiger partial charge in [-0.1, -0.05) is 52.9 Å². The predicted octanol–water partition coefficient (Wildman–Crippen LogP) is 5.55. The van der Waals surface area contributed by atoms with E-state index < -0.39 is 8.07 Å². The van der Waals surface area contributed by atoms with Crippen LogP contribution >= 0.6 is 0 Å². The number of carbonyl (C=O) groups is 1.